The predicted octanol–water partition coefficient (Wildman–Crippen LogP) is 4.36. The van der Waals surface area contributed by atoms with Crippen LogP contribution < -0.4 is 10.6 Å². The van der Waals surface area contributed by atoms with Gasteiger partial charge in [-0.2, -0.15) is 0 Å². The summed E-state index contributed by atoms with van der Waals surface area (Å²) in [5, 5.41) is 17.5. The number of hydrogen-bond donors (Lipinski definition) is 2. The van der Waals surface area contributed by atoms with Gasteiger partial charge in [-0.25, -0.2) is 14.8 Å². The normalized spacial score (nSPS) is 10.3. The van der Waals surface area contributed by atoms with E-state index in [2.05, 4.69) is 20.6 Å². The van der Waals surface area contributed by atoms with Crippen LogP contribution in [0.3, 0.4) is 0 Å². The van der Waals surface area contributed by atoms with E-state index in [9.17, 15) is 14.9 Å². The van der Waals surface area contributed by atoms with Crippen LogP contribution in [-0.4, -0.2) is 27.5 Å². The number of carbonyl (C=O) groups excluding carboxylic acids is 1. The molecule has 2 aromatic carbocycles. The van der Waals surface area contributed by atoms with E-state index in [1.165, 1.54) is 12.4 Å². The molecule has 0 amide bonds. The van der Waals surface area contributed by atoms with Crippen LogP contribution in [0.1, 0.15) is 22.8 Å². The SMILES string of the molecule is CCOC(=O)c1cccc(Nc2ncnc(Nc3ccc(C)cc3)c2[N+](=O)[O-])c1. The van der Waals surface area contributed by atoms with Crippen LogP contribution in [0.5, 0.6) is 0 Å². The summed E-state index contributed by atoms with van der Waals surface area (Å²) in [6.07, 6.45) is 1.22. The molecule has 3 aromatic rings. The Labute approximate surface area is 166 Å². The highest BCUT2D eigenvalue weighted by molar-refractivity contribution is 5.91. The Balaban J connectivity index is 1.92. The highest BCUT2D eigenvalue weighted by atomic mass is 16.6. The third-order valence-electron chi connectivity index (χ3n) is 3.96. The molecule has 0 atom stereocenters. The highest BCUT2D eigenvalue weighted by Gasteiger charge is 2.23. The van der Waals surface area contributed by atoms with Gasteiger partial charge in [0.25, 0.3) is 0 Å². The van der Waals surface area contributed by atoms with E-state index >= 15 is 0 Å². The number of ether oxygens (including phenoxy) is 1. The molecule has 148 valence electrons. The summed E-state index contributed by atoms with van der Waals surface area (Å²) >= 11 is 0. The minimum atomic E-state index is -0.561. The van der Waals surface area contributed by atoms with Crippen LogP contribution in [-0.2, 0) is 4.74 Å². The lowest BCUT2D eigenvalue weighted by Crippen LogP contribution is -2.07. The van der Waals surface area contributed by atoms with Crippen molar-refractivity contribution >= 4 is 34.7 Å². The monoisotopic (exact) mass is 393 g/mol. The maximum atomic E-state index is 11.9. The molecule has 0 saturated heterocycles. The topological polar surface area (TPSA) is 119 Å². The van der Waals surface area contributed by atoms with E-state index in [4.69, 9.17) is 4.74 Å². The van der Waals surface area contributed by atoms with Crippen LogP contribution in [0.2, 0.25) is 0 Å². The molecule has 0 bridgehead atoms. The molecule has 0 aliphatic heterocycles. The molecule has 0 fully saturated rings. The first-order chi connectivity index (χ1) is 14.0. The molecule has 1 heterocycles. The number of benzene rings is 2. The fourth-order valence-corrected chi connectivity index (χ4v) is 2.58. The molecule has 0 unspecified atom stereocenters. The van der Waals surface area contributed by atoms with Crippen molar-refractivity contribution in [2.24, 2.45) is 0 Å². The largest absolute Gasteiger partial charge is 0.462 e. The molecule has 0 aliphatic carbocycles. The Morgan fingerprint density at radius 1 is 1.07 bits per heavy atom. The molecular formula is C20H19N5O4. The number of rotatable bonds is 7. The molecule has 29 heavy (non-hydrogen) atoms. The molecule has 0 radical (unpaired) electrons. The Morgan fingerprint density at radius 2 is 1.72 bits per heavy atom. The number of anilines is 4. The third-order valence-corrected chi connectivity index (χ3v) is 3.96. The number of nitrogens with one attached hydrogen (secondary N) is 2. The number of nitro groups is 1. The van der Waals surface area contributed by atoms with Gasteiger partial charge in [-0.05, 0) is 44.2 Å². The van der Waals surface area contributed by atoms with Gasteiger partial charge >= 0.3 is 11.7 Å². The lowest BCUT2D eigenvalue weighted by molar-refractivity contribution is -0.383. The summed E-state index contributed by atoms with van der Waals surface area (Å²) in [4.78, 5) is 31.1. The molecule has 2 N–H and O–H groups in total. The summed E-state index contributed by atoms with van der Waals surface area (Å²) in [6, 6.07) is 13.8. The Kier molecular flexibility index (Phi) is 5.98. The van der Waals surface area contributed by atoms with E-state index in [0.717, 1.165) is 5.56 Å². The maximum absolute atomic E-state index is 11.9. The lowest BCUT2D eigenvalue weighted by Gasteiger charge is -2.11. The lowest BCUT2D eigenvalue weighted by atomic mass is 10.2. The van der Waals surface area contributed by atoms with E-state index in [1.54, 1.807) is 37.3 Å². The molecule has 1 aromatic heterocycles. The average Bonchev–Trinajstić information content (AvgIpc) is 2.70. The minimum Gasteiger partial charge on any atom is -0.462 e. The van der Waals surface area contributed by atoms with Crippen molar-refractivity contribution in [2.45, 2.75) is 13.8 Å². The number of esters is 1. The zero-order valence-corrected chi connectivity index (χ0v) is 15.9. The Bertz CT molecular complexity index is 1040. The van der Waals surface area contributed by atoms with Crippen LogP contribution in [0, 0.1) is 17.0 Å². The summed E-state index contributed by atoms with van der Waals surface area (Å²) in [7, 11) is 0. The summed E-state index contributed by atoms with van der Waals surface area (Å²) < 4.78 is 4.98. The standard InChI is InChI=1S/C20H19N5O4/c1-3-29-20(26)14-5-4-6-16(11-14)24-19-17(25(27)28)18(21-12-22-19)23-15-9-7-13(2)8-10-15/h4-12H,3H2,1-2H3,(H2,21,22,23,24). The van der Waals surface area contributed by atoms with E-state index in [-0.39, 0.29) is 23.9 Å². The second kappa shape index (κ2) is 8.79. The van der Waals surface area contributed by atoms with Crippen LogP contribution >= 0.6 is 0 Å². The Hall–Kier alpha value is -4.01. The van der Waals surface area contributed by atoms with Crippen LogP contribution in [0.15, 0.2) is 54.9 Å². The summed E-state index contributed by atoms with van der Waals surface area (Å²) in [5.41, 5.74) is 2.20. The second-order valence-corrected chi connectivity index (χ2v) is 6.09. The smallest absolute Gasteiger partial charge is 0.353 e. The first-order valence-electron chi connectivity index (χ1n) is 8.85. The number of aryl methyl sites for hydroxylation is 1. The number of hydrogen-bond acceptors (Lipinski definition) is 8. The van der Waals surface area contributed by atoms with Gasteiger partial charge < -0.3 is 15.4 Å². The van der Waals surface area contributed by atoms with E-state index in [0.29, 0.717) is 16.9 Å². The van der Waals surface area contributed by atoms with Crippen molar-refractivity contribution in [3.05, 3.63) is 76.1 Å². The summed E-state index contributed by atoms with van der Waals surface area (Å²) in [5.74, 6) is -0.423. The predicted molar refractivity (Wildman–Crippen MR) is 109 cm³/mol. The third kappa shape index (κ3) is 4.83. The molecule has 0 spiro atoms. The van der Waals surface area contributed by atoms with Gasteiger partial charge in [0.2, 0.25) is 11.6 Å². The Morgan fingerprint density at radius 3 is 2.34 bits per heavy atom. The van der Waals surface area contributed by atoms with Gasteiger partial charge in [-0.15, -0.1) is 0 Å². The first kappa shape index (κ1) is 19.7. The van der Waals surface area contributed by atoms with Crippen molar-refractivity contribution in [2.75, 3.05) is 17.2 Å². The van der Waals surface area contributed by atoms with Crippen LogP contribution in [0.4, 0.5) is 28.7 Å². The number of carbonyl (C=O) groups is 1. The fourth-order valence-electron chi connectivity index (χ4n) is 2.58. The van der Waals surface area contributed by atoms with Gasteiger partial charge in [0.1, 0.15) is 6.33 Å². The second-order valence-electron chi connectivity index (χ2n) is 6.09. The van der Waals surface area contributed by atoms with Crippen molar-refractivity contribution in [1.82, 2.24) is 9.97 Å². The van der Waals surface area contributed by atoms with Crippen molar-refractivity contribution in [3.63, 3.8) is 0 Å². The quantitative estimate of drug-likeness (QED) is 0.345. The first-order valence-corrected chi connectivity index (χ1v) is 8.85. The molecule has 3 rings (SSSR count). The van der Waals surface area contributed by atoms with Gasteiger partial charge in [-0.1, -0.05) is 23.8 Å². The fraction of sp³-hybridized carbons (Fsp3) is 0.150. The molecular weight excluding hydrogens is 374 g/mol. The molecule has 9 heteroatoms. The average molecular weight is 393 g/mol. The number of aromatic nitrogens is 2. The van der Waals surface area contributed by atoms with Crippen molar-refractivity contribution in [1.29, 1.82) is 0 Å². The molecule has 0 aliphatic rings. The van der Waals surface area contributed by atoms with E-state index < -0.39 is 10.9 Å². The maximum Gasteiger partial charge on any atom is 0.353 e. The zero-order chi connectivity index (χ0) is 20.8. The van der Waals surface area contributed by atoms with E-state index in [1.807, 2.05) is 19.1 Å². The van der Waals surface area contributed by atoms with Crippen molar-refractivity contribution < 1.29 is 14.5 Å². The van der Waals surface area contributed by atoms with Gasteiger partial charge in [0.15, 0.2) is 0 Å². The van der Waals surface area contributed by atoms with Crippen molar-refractivity contribution in [3.8, 4) is 0 Å². The number of nitrogens with zero attached hydrogens (tertiary/aromatic N) is 3. The van der Waals surface area contributed by atoms with Crippen LogP contribution in [0.25, 0.3) is 0 Å². The zero-order valence-electron chi connectivity index (χ0n) is 15.9. The minimum absolute atomic E-state index is 0.000575. The highest BCUT2D eigenvalue weighted by Crippen LogP contribution is 2.33. The molecule has 9 nitrogen and oxygen atoms in total. The van der Waals surface area contributed by atoms with Gasteiger partial charge in [-0.3, -0.25) is 10.1 Å². The molecule has 0 saturated carbocycles. The summed E-state index contributed by atoms with van der Waals surface area (Å²) in [6.45, 7) is 3.91. The van der Waals surface area contributed by atoms with Gasteiger partial charge in [0, 0.05) is 11.4 Å². The van der Waals surface area contributed by atoms with Gasteiger partial charge in [0.05, 0.1) is 17.1 Å².